The number of anilines is 1. The molecule has 0 spiro atoms. The Morgan fingerprint density at radius 3 is 2.69 bits per heavy atom. The van der Waals surface area contributed by atoms with Gasteiger partial charge in [0.05, 0.1) is 16.7 Å². The largest absolute Gasteiger partial charge is 0.293 e. The summed E-state index contributed by atoms with van der Waals surface area (Å²) < 4.78 is 0. The smallest absolute Gasteiger partial charge is 0.181 e. The number of aromatic nitrogens is 2. The molecule has 0 saturated heterocycles. The van der Waals surface area contributed by atoms with Crippen LogP contribution in [-0.2, 0) is 0 Å². The molecule has 0 aliphatic carbocycles. The minimum Gasteiger partial charge on any atom is -0.293 e. The van der Waals surface area contributed by atoms with E-state index < -0.39 is 0 Å². The molecule has 4 nitrogen and oxygen atoms in total. The van der Waals surface area contributed by atoms with Crippen LogP contribution in [0.4, 0.5) is 5.69 Å². The molecule has 1 aromatic heterocycles. The second-order valence-electron chi connectivity index (χ2n) is 2.50. The lowest BCUT2D eigenvalue weighted by molar-refractivity contribution is 1.29. The van der Waals surface area contributed by atoms with Gasteiger partial charge in [-0.1, -0.05) is 0 Å². The quantitative estimate of drug-likeness (QED) is 0.520. The molecular formula is C9H6N4. The minimum atomic E-state index is 0.732. The van der Waals surface area contributed by atoms with Gasteiger partial charge >= 0.3 is 0 Å². The van der Waals surface area contributed by atoms with E-state index in [0.717, 1.165) is 16.7 Å². The third-order valence-electron chi connectivity index (χ3n) is 1.67. The van der Waals surface area contributed by atoms with Gasteiger partial charge in [0.2, 0.25) is 0 Å². The summed E-state index contributed by atoms with van der Waals surface area (Å²) in [5, 5.41) is 10.9. The van der Waals surface area contributed by atoms with Gasteiger partial charge in [-0.25, -0.2) is 0 Å². The molecule has 1 aromatic carbocycles. The van der Waals surface area contributed by atoms with Crippen molar-refractivity contribution < 1.29 is 0 Å². The fraction of sp³-hybridized carbons (Fsp3) is 0. The van der Waals surface area contributed by atoms with Crippen LogP contribution in [0, 0.1) is 11.5 Å². The molecule has 1 heterocycles. The van der Waals surface area contributed by atoms with Gasteiger partial charge in [0.25, 0.3) is 0 Å². The number of hydrogen-bond acceptors (Lipinski definition) is 4. The zero-order valence-electron chi connectivity index (χ0n) is 6.73. The molecule has 2 rings (SSSR count). The summed E-state index contributed by atoms with van der Waals surface area (Å²) in [5.74, 6) is 0. The Labute approximate surface area is 74.9 Å². The summed E-state index contributed by atoms with van der Waals surface area (Å²) in [6.45, 7) is 0. The van der Waals surface area contributed by atoms with Crippen molar-refractivity contribution in [1.82, 2.24) is 9.97 Å². The van der Waals surface area contributed by atoms with E-state index in [1.807, 2.05) is 12.3 Å². The number of nitrogens with zero attached hydrogens (tertiary/aromatic N) is 3. The van der Waals surface area contributed by atoms with Crippen LogP contribution in [0.1, 0.15) is 0 Å². The fourth-order valence-corrected chi connectivity index (χ4v) is 1.11. The lowest BCUT2D eigenvalue weighted by atomic mass is 10.2. The van der Waals surface area contributed by atoms with Crippen LogP contribution in [-0.4, -0.2) is 9.97 Å². The van der Waals surface area contributed by atoms with E-state index in [1.165, 1.54) is 0 Å². The first-order valence-electron chi connectivity index (χ1n) is 3.76. The van der Waals surface area contributed by atoms with Crippen molar-refractivity contribution in [2.24, 2.45) is 0 Å². The predicted molar refractivity (Wildman–Crippen MR) is 48.8 cm³/mol. The van der Waals surface area contributed by atoms with Crippen molar-refractivity contribution in [3.63, 3.8) is 0 Å². The summed E-state index contributed by atoms with van der Waals surface area (Å²) in [4.78, 5) is 8.22. The lowest BCUT2D eigenvalue weighted by Gasteiger charge is -1.98. The van der Waals surface area contributed by atoms with Crippen LogP contribution in [0.3, 0.4) is 0 Å². The molecule has 0 radical (unpaired) electrons. The number of fused-ring (bicyclic) bond motifs is 1. The van der Waals surface area contributed by atoms with Gasteiger partial charge in [0, 0.05) is 12.4 Å². The van der Waals surface area contributed by atoms with Gasteiger partial charge in [-0.3, -0.25) is 15.3 Å². The Morgan fingerprint density at radius 1 is 1.15 bits per heavy atom. The maximum absolute atomic E-state index is 8.39. The lowest BCUT2D eigenvalue weighted by Crippen LogP contribution is -1.88. The molecule has 0 amide bonds. The Balaban J connectivity index is 2.57. The Hall–Kier alpha value is -2.15. The average molecular weight is 170 g/mol. The summed E-state index contributed by atoms with van der Waals surface area (Å²) in [6.07, 6.45) is 5.11. The normalized spacial score (nSPS) is 9.46. The molecule has 0 saturated carbocycles. The van der Waals surface area contributed by atoms with Crippen molar-refractivity contribution in [2.75, 3.05) is 5.32 Å². The molecule has 62 valence electrons. The number of rotatable bonds is 1. The summed E-state index contributed by atoms with van der Waals surface area (Å²) >= 11 is 0. The first kappa shape index (κ1) is 7.50. The van der Waals surface area contributed by atoms with Gasteiger partial charge in [0.15, 0.2) is 6.19 Å². The van der Waals surface area contributed by atoms with Crippen molar-refractivity contribution >= 4 is 16.7 Å². The number of nitrogens with one attached hydrogen (secondary N) is 1. The van der Waals surface area contributed by atoms with E-state index in [0.29, 0.717) is 0 Å². The summed E-state index contributed by atoms with van der Waals surface area (Å²) in [5.41, 5.74) is 2.34. The first-order valence-corrected chi connectivity index (χ1v) is 3.76. The monoisotopic (exact) mass is 170 g/mol. The van der Waals surface area contributed by atoms with E-state index in [1.54, 1.807) is 24.5 Å². The molecule has 0 bridgehead atoms. The van der Waals surface area contributed by atoms with Crippen LogP contribution in [0.15, 0.2) is 30.6 Å². The fourth-order valence-electron chi connectivity index (χ4n) is 1.11. The molecule has 2 aromatic rings. The maximum Gasteiger partial charge on any atom is 0.181 e. The standard InChI is InChI=1S/C9H6N4/c10-6-13-7-1-2-8-9(5-7)12-4-3-11-8/h1-5,13H. The van der Waals surface area contributed by atoms with Crippen LogP contribution in [0.5, 0.6) is 0 Å². The number of nitriles is 1. The van der Waals surface area contributed by atoms with Crippen LogP contribution >= 0.6 is 0 Å². The van der Waals surface area contributed by atoms with E-state index in [9.17, 15) is 0 Å². The van der Waals surface area contributed by atoms with E-state index in [-0.39, 0.29) is 0 Å². The Bertz CT molecular complexity index is 472. The molecule has 0 aliphatic rings. The van der Waals surface area contributed by atoms with Crippen molar-refractivity contribution in [3.05, 3.63) is 30.6 Å². The highest BCUT2D eigenvalue weighted by molar-refractivity contribution is 5.78. The van der Waals surface area contributed by atoms with Gasteiger partial charge in [0.1, 0.15) is 0 Å². The maximum atomic E-state index is 8.39. The third-order valence-corrected chi connectivity index (χ3v) is 1.67. The molecule has 0 atom stereocenters. The highest BCUT2D eigenvalue weighted by atomic mass is 14.9. The zero-order valence-corrected chi connectivity index (χ0v) is 6.73. The first-order chi connectivity index (χ1) is 6.40. The van der Waals surface area contributed by atoms with Gasteiger partial charge in [-0.05, 0) is 18.2 Å². The highest BCUT2D eigenvalue weighted by Gasteiger charge is 1.95. The molecular weight excluding hydrogens is 164 g/mol. The summed E-state index contributed by atoms with van der Waals surface area (Å²) in [6, 6.07) is 5.40. The van der Waals surface area contributed by atoms with Crippen LogP contribution < -0.4 is 5.32 Å². The highest BCUT2D eigenvalue weighted by Crippen LogP contribution is 2.14. The van der Waals surface area contributed by atoms with Gasteiger partial charge in [-0.2, -0.15) is 5.26 Å². The second kappa shape index (κ2) is 3.07. The molecule has 1 N–H and O–H groups in total. The number of benzene rings is 1. The topological polar surface area (TPSA) is 61.6 Å². The van der Waals surface area contributed by atoms with Crippen molar-refractivity contribution in [2.45, 2.75) is 0 Å². The van der Waals surface area contributed by atoms with Crippen LogP contribution in [0.2, 0.25) is 0 Å². The van der Waals surface area contributed by atoms with Crippen molar-refractivity contribution in [3.8, 4) is 6.19 Å². The number of hydrogen-bond donors (Lipinski definition) is 1. The van der Waals surface area contributed by atoms with E-state index in [4.69, 9.17) is 5.26 Å². The van der Waals surface area contributed by atoms with Crippen LogP contribution in [0.25, 0.3) is 11.0 Å². The minimum absolute atomic E-state index is 0.732. The van der Waals surface area contributed by atoms with E-state index in [2.05, 4.69) is 15.3 Å². The molecule has 0 fully saturated rings. The molecule has 4 heteroatoms. The van der Waals surface area contributed by atoms with Crippen molar-refractivity contribution in [1.29, 1.82) is 5.26 Å². The Morgan fingerprint density at radius 2 is 1.92 bits per heavy atom. The van der Waals surface area contributed by atoms with E-state index >= 15 is 0 Å². The molecule has 13 heavy (non-hydrogen) atoms. The molecule has 0 unspecified atom stereocenters. The SMILES string of the molecule is N#CNc1ccc2nccnc2c1. The van der Waals surface area contributed by atoms with Gasteiger partial charge < -0.3 is 0 Å². The third kappa shape index (κ3) is 1.40. The van der Waals surface area contributed by atoms with Gasteiger partial charge in [-0.15, -0.1) is 0 Å². The predicted octanol–water partition coefficient (Wildman–Crippen LogP) is 1.52. The molecule has 0 aliphatic heterocycles. The average Bonchev–Trinajstić information content (AvgIpc) is 2.18. The summed E-state index contributed by atoms with van der Waals surface area (Å²) in [7, 11) is 0. The Kier molecular flexibility index (Phi) is 1.77. The zero-order chi connectivity index (χ0) is 9.10. The second-order valence-corrected chi connectivity index (χ2v) is 2.50.